The van der Waals surface area contributed by atoms with Gasteiger partial charge >= 0.3 is 11.9 Å². The molecule has 318 valence electrons. The van der Waals surface area contributed by atoms with E-state index in [0.717, 1.165) is 0 Å². The fourth-order valence-corrected chi connectivity index (χ4v) is 4.81. The van der Waals surface area contributed by atoms with E-state index in [4.69, 9.17) is 34.4 Å². The summed E-state index contributed by atoms with van der Waals surface area (Å²) in [4.78, 5) is 108. The van der Waals surface area contributed by atoms with Crippen LogP contribution in [0.4, 0.5) is 0 Å². The number of nitrogens with two attached hydrogens (primary N) is 6. The first-order chi connectivity index (χ1) is 26.3. The SMILES string of the molecule is CC(C)[C@H](NC(=O)[C@H](CCCN=C(N)N)NC(=O)[C@H](CCC(=O)O)NC(=O)[C@@H](N)CCCN=C(N)N)C(=O)NCC(=O)NCC(=O)N[C@@H](CCCCN)C(=O)O. The van der Waals surface area contributed by atoms with Crippen LogP contribution in [0, 0.1) is 5.92 Å². The Bertz CT molecular complexity index is 1390. The number of carbonyl (C=O) groups excluding carboxylic acids is 6. The molecular weight excluding hydrogens is 740 g/mol. The van der Waals surface area contributed by atoms with E-state index in [1.54, 1.807) is 13.8 Å². The molecule has 0 saturated heterocycles. The third-order valence-corrected chi connectivity index (χ3v) is 7.86. The normalized spacial score (nSPS) is 13.4. The van der Waals surface area contributed by atoms with Gasteiger partial charge in [0.2, 0.25) is 35.4 Å². The molecule has 0 spiro atoms. The molecule has 24 heteroatoms. The van der Waals surface area contributed by atoms with Gasteiger partial charge < -0.3 is 76.5 Å². The van der Waals surface area contributed by atoms with E-state index in [9.17, 15) is 48.6 Å². The minimum atomic E-state index is -1.42. The zero-order valence-electron chi connectivity index (χ0n) is 31.9. The van der Waals surface area contributed by atoms with E-state index in [0.29, 0.717) is 25.8 Å². The second-order valence-corrected chi connectivity index (χ2v) is 13.0. The summed E-state index contributed by atoms with van der Waals surface area (Å²) in [6, 6.07) is -6.28. The number of carboxylic acids is 2. The van der Waals surface area contributed by atoms with E-state index in [-0.39, 0.29) is 57.1 Å². The molecule has 20 N–H and O–H groups in total. The predicted octanol–water partition coefficient (Wildman–Crippen LogP) is -5.67. The topological polar surface area (TPSA) is 430 Å². The molecule has 0 saturated carbocycles. The lowest BCUT2D eigenvalue weighted by Crippen LogP contribution is -2.59. The maximum atomic E-state index is 13.6. The van der Waals surface area contributed by atoms with Crippen LogP contribution in [0.3, 0.4) is 0 Å². The molecule has 56 heavy (non-hydrogen) atoms. The van der Waals surface area contributed by atoms with Crippen molar-refractivity contribution in [2.45, 2.75) is 102 Å². The van der Waals surface area contributed by atoms with Crippen molar-refractivity contribution in [3.05, 3.63) is 0 Å². The van der Waals surface area contributed by atoms with E-state index in [1.165, 1.54) is 0 Å². The smallest absolute Gasteiger partial charge is 0.326 e. The van der Waals surface area contributed by atoms with Gasteiger partial charge in [0.25, 0.3) is 0 Å². The molecule has 0 fully saturated rings. The predicted molar refractivity (Wildman–Crippen MR) is 204 cm³/mol. The number of aliphatic imine (C=N–C) groups is 2. The maximum Gasteiger partial charge on any atom is 0.326 e. The van der Waals surface area contributed by atoms with Crippen LogP contribution in [-0.4, -0.2) is 132 Å². The monoisotopic (exact) mass is 800 g/mol. The Hall–Kier alpha value is -5.78. The molecule has 0 heterocycles. The minimum absolute atomic E-state index is 0.0579. The average Bonchev–Trinajstić information content (AvgIpc) is 3.12. The highest BCUT2D eigenvalue weighted by atomic mass is 16.4. The number of carbonyl (C=O) groups is 8. The fourth-order valence-electron chi connectivity index (χ4n) is 4.81. The van der Waals surface area contributed by atoms with Gasteiger partial charge in [0.1, 0.15) is 24.2 Å². The minimum Gasteiger partial charge on any atom is -0.481 e. The van der Waals surface area contributed by atoms with Crippen LogP contribution >= 0.6 is 0 Å². The molecule has 24 nitrogen and oxygen atoms in total. The van der Waals surface area contributed by atoms with Crippen molar-refractivity contribution in [3.63, 3.8) is 0 Å². The molecule has 0 bridgehead atoms. The average molecular weight is 801 g/mol. The first-order valence-corrected chi connectivity index (χ1v) is 18.0. The van der Waals surface area contributed by atoms with Crippen LogP contribution in [-0.2, 0) is 38.4 Å². The van der Waals surface area contributed by atoms with Crippen LogP contribution in [0.15, 0.2) is 9.98 Å². The standard InChI is InChI=1S/C32H60N14O10/c1-17(2)25(29(54)42-15-22(47)41-16-23(48)43-21(30(55)56)8-3-4-12-33)46-28(53)19(9-6-14-40-32(37)38)45-27(52)20(10-11-24(49)50)44-26(51)18(34)7-5-13-39-31(35)36/h17-21,25H,3-16,33-34H2,1-2H3,(H,41,47)(H,42,54)(H,43,48)(H,44,51)(H,45,52)(H,46,53)(H,49,50)(H,55,56)(H4,35,36,39)(H4,37,38,40)/t18-,19-,20-,21-,25-/m0/s1. The summed E-state index contributed by atoms with van der Waals surface area (Å²) in [5.41, 5.74) is 32.7. The molecule has 0 unspecified atom stereocenters. The van der Waals surface area contributed by atoms with Crippen molar-refractivity contribution in [3.8, 4) is 0 Å². The number of amides is 6. The van der Waals surface area contributed by atoms with E-state index >= 15 is 0 Å². The third-order valence-electron chi connectivity index (χ3n) is 7.86. The number of hydrogen-bond acceptors (Lipinski definition) is 12. The Balaban J connectivity index is 5.71. The molecule has 6 amide bonds. The van der Waals surface area contributed by atoms with Crippen LogP contribution in [0.25, 0.3) is 0 Å². The van der Waals surface area contributed by atoms with Crippen LogP contribution in [0.5, 0.6) is 0 Å². The lowest BCUT2D eigenvalue weighted by Gasteiger charge is -2.27. The Morgan fingerprint density at radius 1 is 0.589 bits per heavy atom. The largest absolute Gasteiger partial charge is 0.481 e. The highest BCUT2D eigenvalue weighted by molar-refractivity contribution is 5.96. The van der Waals surface area contributed by atoms with E-state index < -0.39 is 103 Å². The van der Waals surface area contributed by atoms with Gasteiger partial charge in [-0.3, -0.25) is 43.5 Å². The van der Waals surface area contributed by atoms with Gasteiger partial charge in [-0.05, 0) is 63.8 Å². The Kier molecular flexibility index (Phi) is 24.9. The lowest BCUT2D eigenvalue weighted by atomic mass is 10.0. The van der Waals surface area contributed by atoms with Crippen molar-refractivity contribution in [1.29, 1.82) is 0 Å². The molecule has 0 rings (SSSR count). The van der Waals surface area contributed by atoms with Crippen LogP contribution in [0.2, 0.25) is 0 Å². The number of rotatable bonds is 29. The number of nitrogens with one attached hydrogen (secondary N) is 6. The molecule has 0 aromatic rings. The summed E-state index contributed by atoms with van der Waals surface area (Å²) in [5.74, 6) is -8.26. The summed E-state index contributed by atoms with van der Waals surface area (Å²) in [6.07, 6.45) is 0.858. The second-order valence-electron chi connectivity index (χ2n) is 13.0. The summed E-state index contributed by atoms with van der Waals surface area (Å²) >= 11 is 0. The van der Waals surface area contributed by atoms with Crippen molar-refractivity contribution in [2.75, 3.05) is 32.7 Å². The van der Waals surface area contributed by atoms with E-state index in [2.05, 4.69) is 41.9 Å². The lowest BCUT2D eigenvalue weighted by molar-refractivity contribution is -0.142. The van der Waals surface area contributed by atoms with E-state index in [1.807, 2.05) is 0 Å². The number of hydrogen-bond donors (Lipinski definition) is 14. The fraction of sp³-hybridized carbons (Fsp3) is 0.688. The summed E-state index contributed by atoms with van der Waals surface area (Å²) in [7, 11) is 0. The second kappa shape index (κ2) is 27.7. The number of guanidine groups is 2. The Labute approximate surface area is 324 Å². The van der Waals surface area contributed by atoms with Crippen molar-refractivity contribution >= 4 is 59.3 Å². The molecule has 0 aromatic heterocycles. The number of nitrogens with zero attached hydrogens (tertiary/aromatic N) is 2. The third kappa shape index (κ3) is 23.1. The van der Waals surface area contributed by atoms with Gasteiger partial charge in [-0.1, -0.05) is 13.8 Å². The molecule has 0 aliphatic rings. The number of aliphatic carboxylic acids is 2. The first-order valence-electron chi connectivity index (χ1n) is 18.0. The Morgan fingerprint density at radius 2 is 1.11 bits per heavy atom. The highest BCUT2D eigenvalue weighted by Crippen LogP contribution is 2.08. The molecule has 0 radical (unpaired) electrons. The molecule has 0 aromatic carbocycles. The summed E-state index contributed by atoms with van der Waals surface area (Å²) < 4.78 is 0. The van der Waals surface area contributed by atoms with Crippen LogP contribution in [0.1, 0.15) is 71.6 Å². The zero-order chi connectivity index (χ0) is 42.8. The van der Waals surface area contributed by atoms with Gasteiger partial charge in [0, 0.05) is 19.5 Å². The van der Waals surface area contributed by atoms with Gasteiger partial charge in [-0.25, -0.2) is 4.79 Å². The molecular formula is C32H60N14O10. The van der Waals surface area contributed by atoms with Gasteiger partial charge in [-0.2, -0.15) is 0 Å². The van der Waals surface area contributed by atoms with Crippen molar-refractivity contribution in [2.24, 2.45) is 50.3 Å². The quantitative estimate of drug-likeness (QED) is 0.0190. The molecule has 5 atom stereocenters. The maximum absolute atomic E-state index is 13.6. The number of unbranched alkanes of at least 4 members (excludes halogenated alkanes) is 1. The van der Waals surface area contributed by atoms with Gasteiger partial charge in [0.05, 0.1) is 19.1 Å². The first kappa shape index (κ1) is 50.2. The van der Waals surface area contributed by atoms with Gasteiger partial charge in [-0.15, -0.1) is 0 Å². The van der Waals surface area contributed by atoms with Crippen LogP contribution < -0.4 is 66.3 Å². The van der Waals surface area contributed by atoms with Gasteiger partial charge in [0.15, 0.2) is 11.9 Å². The highest BCUT2D eigenvalue weighted by Gasteiger charge is 2.32. The molecule has 0 aliphatic heterocycles. The summed E-state index contributed by atoms with van der Waals surface area (Å²) in [5, 5.41) is 33.0. The Morgan fingerprint density at radius 3 is 1.64 bits per heavy atom. The van der Waals surface area contributed by atoms with Crippen molar-refractivity contribution in [1.82, 2.24) is 31.9 Å². The zero-order valence-corrected chi connectivity index (χ0v) is 31.9. The molecule has 0 aliphatic carbocycles. The number of carboxylic acid groups (broad SMARTS) is 2. The van der Waals surface area contributed by atoms with Crippen molar-refractivity contribution < 1.29 is 48.6 Å². The summed E-state index contributed by atoms with van der Waals surface area (Å²) in [6.45, 7) is 2.64.